The molecule has 4 aromatic rings. The Kier molecular flexibility index (Phi) is 5.33. The van der Waals surface area contributed by atoms with E-state index in [4.69, 9.17) is 9.26 Å². The number of benzene rings is 3. The van der Waals surface area contributed by atoms with Crippen LogP contribution in [-0.2, 0) is 11.2 Å². The van der Waals surface area contributed by atoms with E-state index in [0.29, 0.717) is 22.7 Å². The Labute approximate surface area is 166 Å². The number of para-hydroxylation sites is 1. The third kappa shape index (κ3) is 4.68. The molecule has 3 aromatic carbocycles. The third-order valence-electron chi connectivity index (χ3n) is 4.16. The van der Waals surface area contributed by atoms with Gasteiger partial charge in [-0.2, -0.15) is 0 Å². The number of halogens is 1. The molecule has 0 atom stereocenters. The van der Waals surface area contributed by atoms with Crippen LogP contribution >= 0.6 is 0 Å². The molecule has 0 fully saturated rings. The zero-order chi connectivity index (χ0) is 20.1. The van der Waals surface area contributed by atoms with Crippen molar-refractivity contribution in [1.29, 1.82) is 0 Å². The number of aromatic nitrogens is 1. The van der Waals surface area contributed by atoms with E-state index in [9.17, 15) is 9.18 Å². The predicted molar refractivity (Wildman–Crippen MR) is 107 cm³/mol. The first-order valence-electron chi connectivity index (χ1n) is 9.01. The summed E-state index contributed by atoms with van der Waals surface area (Å²) in [5, 5.41) is 6.65. The number of amides is 1. The molecule has 4 rings (SSSR count). The van der Waals surface area contributed by atoms with Gasteiger partial charge in [0.05, 0.1) is 17.7 Å². The minimum Gasteiger partial charge on any atom is -0.457 e. The van der Waals surface area contributed by atoms with Crippen molar-refractivity contribution >= 4 is 11.6 Å². The Morgan fingerprint density at radius 3 is 2.38 bits per heavy atom. The molecule has 1 amide bonds. The second-order valence-corrected chi connectivity index (χ2v) is 6.33. The first-order valence-corrected chi connectivity index (χ1v) is 9.01. The minimum absolute atomic E-state index is 0.0141. The van der Waals surface area contributed by atoms with Crippen LogP contribution in [0.5, 0.6) is 11.5 Å². The van der Waals surface area contributed by atoms with Crippen LogP contribution in [0, 0.1) is 5.82 Å². The number of nitrogens with zero attached hydrogens (tertiary/aromatic N) is 1. The first kappa shape index (κ1) is 18.4. The fourth-order valence-corrected chi connectivity index (χ4v) is 2.78. The lowest BCUT2D eigenvalue weighted by Crippen LogP contribution is -2.14. The van der Waals surface area contributed by atoms with Crippen LogP contribution in [-0.4, -0.2) is 11.1 Å². The Morgan fingerprint density at radius 1 is 0.931 bits per heavy atom. The van der Waals surface area contributed by atoms with Gasteiger partial charge in [-0.05, 0) is 48.5 Å². The normalized spacial score (nSPS) is 10.5. The predicted octanol–water partition coefficient (Wildman–Crippen LogP) is 5.45. The second-order valence-electron chi connectivity index (χ2n) is 6.33. The maximum Gasteiger partial charge on any atom is 0.230 e. The molecule has 0 bridgehead atoms. The summed E-state index contributed by atoms with van der Waals surface area (Å²) in [6.07, 6.45) is 0.0141. The van der Waals surface area contributed by atoms with Crippen LogP contribution in [0.2, 0.25) is 0 Å². The monoisotopic (exact) mass is 388 g/mol. The van der Waals surface area contributed by atoms with Crippen LogP contribution in [0.3, 0.4) is 0 Å². The molecular weight excluding hydrogens is 371 g/mol. The Morgan fingerprint density at radius 2 is 1.62 bits per heavy atom. The summed E-state index contributed by atoms with van der Waals surface area (Å²) in [6.45, 7) is 0. The number of anilines is 1. The SMILES string of the molecule is O=C(Cc1cc(-c2ccccc2F)on1)Nc1ccc(Oc2ccccc2)cc1. The first-order chi connectivity index (χ1) is 14.2. The lowest BCUT2D eigenvalue weighted by Gasteiger charge is -2.07. The molecule has 0 unspecified atom stereocenters. The summed E-state index contributed by atoms with van der Waals surface area (Å²) in [5.74, 6) is 1.03. The molecular formula is C23H17FN2O3. The van der Waals surface area contributed by atoms with E-state index < -0.39 is 5.82 Å². The summed E-state index contributed by atoms with van der Waals surface area (Å²) in [5.41, 5.74) is 1.36. The van der Waals surface area contributed by atoms with Gasteiger partial charge in [0.2, 0.25) is 5.91 Å². The highest BCUT2D eigenvalue weighted by Gasteiger charge is 2.13. The van der Waals surface area contributed by atoms with Gasteiger partial charge in [-0.15, -0.1) is 0 Å². The summed E-state index contributed by atoms with van der Waals surface area (Å²) in [4.78, 5) is 12.3. The van der Waals surface area contributed by atoms with E-state index in [0.717, 1.165) is 5.75 Å². The highest BCUT2D eigenvalue weighted by atomic mass is 19.1. The van der Waals surface area contributed by atoms with Crippen LogP contribution in [0.15, 0.2) is 89.5 Å². The maximum absolute atomic E-state index is 13.8. The van der Waals surface area contributed by atoms with Gasteiger partial charge < -0.3 is 14.6 Å². The van der Waals surface area contributed by atoms with Crippen LogP contribution < -0.4 is 10.1 Å². The molecule has 0 saturated heterocycles. The molecule has 1 aromatic heterocycles. The Balaban J connectivity index is 1.36. The van der Waals surface area contributed by atoms with Crippen molar-refractivity contribution in [2.45, 2.75) is 6.42 Å². The van der Waals surface area contributed by atoms with Crippen molar-refractivity contribution in [3.8, 4) is 22.8 Å². The van der Waals surface area contributed by atoms with Crippen molar-refractivity contribution in [3.63, 3.8) is 0 Å². The van der Waals surface area contributed by atoms with Gasteiger partial charge in [-0.1, -0.05) is 35.5 Å². The smallest absolute Gasteiger partial charge is 0.230 e. The van der Waals surface area contributed by atoms with Crippen molar-refractivity contribution in [3.05, 3.63) is 96.4 Å². The fraction of sp³-hybridized carbons (Fsp3) is 0.0435. The average molecular weight is 388 g/mol. The number of nitrogens with one attached hydrogen (secondary N) is 1. The number of carbonyl (C=O) groups excluding carboxylic acids is 1. The number of rotatable bonds is 6. The highest BCUT2D eigenvalue weighted by Crippen LogP contribution is 2.24. The van der Waals surface area contributed by atoms with Crippen molar-refractivity contribution < 1.29 is 18.4 Å². The molecule has 144 valence electrons. The van der Waals surface area contributed by atoms with Gasteiger partial charge in [-0.3, -0.25) is 4.79 Å². The number of hydrogen-bond donors (Lipinski definition) is 1. The molecule has 1 heterocycles. The Hall–Kier alpha value is -3.93. The van der Waals surface area contributed by atoms with E-state index in [-0.39, 0.29) is 18.1 Å². The Bertz CT molecular complexity index is 1110. The molecule has 29 heavy (non-hydrogen) atoms. The molecule has 0 aliphatic carbocycles. The van der Waals surface area contributed by atoms with Gasteiger partial charge in [0.15, 0.2) is 5.76 Å². The largest absolute Gasteiger partial charge is 0.457 e. The topological polar surface area (TPSA) is 64.4 Å². The van der Waals surface area contributed by atoms with Gasteiger partial charge in [0.25, 0.3) is 0 Å². The maximum atomic E-state index is 13.8. The van der Waals surface area contributed by atoms with Crippen LogP contribution in [0.25, 0.3) is 11.3 Å². The van der Waals surface area contributed by atoms with E-state index in [1.807, 2.05) is 30.3 Å². The summed E-state index contributed by atoms with van der Waals surface area (Å²) in [6, 6.07) is 24.3. The molecule has 0 saturated carbocycles. The molecule has 0 spiro atoms. The molecule has 0 aliphatic heterocycles. The summed E-state index contributed by atoms with van der Waals surface area (Å²) in [7, 11) is 0. The lowest BCUT2D eigenvalue weighted by molar-refractivity contribution is -0.115. The zero-order valence-electron chi connectivity index (χ0n) is 15.3. The zero-order valence-corrected chi connectivity index (χ0v) is 15.3. The molecule has 5 nitrogen and oxygen atoms in total. The van der Waals surface area contributed by atoms with Gasteiger partial charge in [0, 0.05) is 11.8 Å². The molecule has 6 heteroatoms. The third-order valence-corrected chi connectivity index (χ3v) is 4.16. The second kappa shape index (κ2) is 8.39. The van der Waals surface area contributed by atoms with Crippen LogP contribution in [0.1, 0.15) is 5.69 Å². The van der Waals surface area contributed by atoms with Gasteiger partial charge >= 0.3 is 0 Å². The molecule has 0 aliphatic rings. The van der Waals surface area contributed by atoms with Crippen molar-refractivity contribution in [2.75, 3.05) is 5.32 Å². The van der Waals surface area contributed by atoms with Gasteiger partial charge in [0.1, 0.15) is 17.3 Å². The van der Waals surface area contributed by atoms with Crippen molar-refractivity contribution in [2.24, 2.45) is 0 Å². The van der Waals surface area contributed by atoms with Crippen LogP contribution in [0.4, 0.5) is 10.1 Å². The fourth-order valence-electron chi connectivity index (χ4n) is 2.78. The summed E-state index contributed by atoms with van der Waals surface area (Å²) < 4.78 is 24.7. The molecule has 0 radical (unpaired) electrons. The number of hydrogen-bond acceptors (Lipinski definition) is 4. The van der Waals surface area contributed by atoms with Crippen molar-refractivity contribution in [1.82, 2.24) is 5.16 Å². The summed E-state index contributed by atoms with van der Waals surface area (Å²) >= 11 is 0. The van der Waals surface area contributed by atoms with E-state index in [2.05, 4.69) is 10.5 Å². The minimum atomic E-state index is -0.405. The van der Waals surface area contributed by atoms with E-state index in [1.54, 1.807) is 48.5 Å². The number of ether oxygens (including phenoxy) is 1. The standard InChI is InChI=1S/C23H17FN2O3/c24-21-9-5-4-8-20(21)22-14-17(26-29-22)15-23(27)25-16-10-12-19(13-11-16)28-18-6-2-1-3-7-18/h1-14H,15H2,(H,25,27). The number of carbonyl (C=O) groups is 1. The van der Waals surface area contributed by atoms with E-state index in [1.165, 1.54) is 6.07 Å². The average Bonchev–Trinajstić information content (AvgIpc) is 3.18. The lowest BCUT2D eigenvalue weighted by atomic mass is 10.1. The highest BCUT2D eigenvalue weighted by molar-refractivity contribution is 5.92. The molecule has 1 N–H and O–H groups in total. The van der Waals surface area contributed by atoms with E-state index >= 15 is 0 Å². The quantitative estimate of drug-likeness (QED) is 0.477. The van der Waals surface area contributed by atoms with Gasteiger partial charge in [-0.25, -0.2) is 4.39 Å².